The number of carbonyl (C=O) groups is 5. The SMILES string of the molecule is CC1=C(C(=O)O)N2C(=O)C(NC(=O)[C@H](NC(=O)N3CCNC3=O)c3ccccc3)[C@H]2SC1. The van der Waals surface area contributed by atoms with E-state index >= 15 is 0 Å². The van der Waals surface area contributed by atoms with Crippen LogP contribution in [0.3, 0.4) is 0 Å². The number of thioether (sulfide) groups is 1. The minimum Gasteiger partial charge on any atom is -0.477 e. The summed E-state index contributed by atoms with van der Waals surface area (Å²) >= 11 is 1.36. The molecule has 0 saturated carbocycles. The fraction of sp³-hybridized carbons (Fsp3) is 0.350. The van der Waals surface area contributed by atoms with E-state index in [2.05, 4.69) is 16.0 Å². The minimum absolute atomic E-state index is 0.0581. The van der Waals surface area contributed by atoms with Crippen molar-refractivity contribution in [2.75, 3.05) is 18.8 Å². The van der Waals surface area contributed by atoms with E-state index in [1.54, 1.807) is 37.3 Å². The van der Waals surface area contributed by atoms with Gasteiger partial charge in [0, 0.05) is 18.8 Å². The highest BCUT2D eigenvalue weighted by molar-refractivity contribution is 8.00. The second-order valence-electron chi connectivity index (χ2n) is 7.51. The molecule has 12 heteroatoms. The van der Waals surface area contributed by atoms with Crippen LogP contribution in [0.15, 0.2) is 41.6 Å². The summed E-state index contributed by atoms with van der Waals surface area (Å²) in [6.07, 6.45) is 0. The lowest BCUT2D eigenvalue weighted by molar-refractivity contribution is -0.151. The standard InChI is InChI=1S/C20H21N5O6S/c1-10-9-32-17-13(16(27)25(17)14(10)18(28)29)22-15(26)12(11-5-3-2-4-6-11)23-20(31)24-8-7-21-19(24)30/h2-6,12-13,17H,7-9H2,1H3,(H,21,30)(H,22,26)(H,23,31)(H,28,29)/t12-,13?,17-/m1/s1. The van der Waals surface area contributed by atoms with Crippen LogP contribution in [0.2, 0.25) is 0 Å². The molecule has 2 saturated heterocycles. The Balaban J connectivity index is 1.51. The summed E-state index contributed by atoms with van der Waals surface area (Å²) in [5.41, 5.74) is 0.993. The molecule has 3 aliphatic heterocycles. The molecule has 3 heterocycles. The van der Waals surface area contributed by atoms with E-state index in [1.807, 2.05) is 0 Å². The Hall–Kier alpha value is -3.54. The van der Waals surface area contributed by atoms with Crippen molar-refractivity contribution in [2.45, 2.75) is 24.4 Å². The molecule has 1 unspecified atom stereocenters. The number of carboxylic acids is 1. The van der Waals surface area contributed by atoms with Crippen LogP contribution in [0.25, 0.3) is 0 Å². The first-order chi connectivity index (χ1) is 15.3. The maximum absolute atomic E-state index is 13.1. The van der Waals surface area contributed by atoms with Crippen LogP contribution in [-0.2, 0) is 14.4 Å². The van der Waals surface area contributed by atoms with Gasteiger partial charge in [0.15, 0.2) is 0 Å². The molecule has 0 radical (unpaired) electrons. The third kappa shape index (κ3) is 3.77. The monoisotopic (exact) mass is 459 g/mol. The molecule has 4 N–H and O–H groups in total. The Morgan fingerprint density at radius 1 is 1.22 bits per heavy atom. The number of β-lactam (4-membered cyclic amide) rings is 1. The average Bonchev–Trinajstić information content (AvgIpc) is 3.21. The van der Waals surface area contributed by atoms with Gasteiger partial charge >= 0.3 is 18.0 Å². The first-order valence-electron chi connectivity index (χ1n) is 9.88. The highest BCUT2D eigenvalue weighted by atomic mass is 32.2. The van der Waals surface area contributed by atoms with Crippen LogP contribution in [0.5, 0.6) is 0 Å². The summed E-state index contributed by atoms with van der Waals surface area (Å²) in [7, 11) is 0. The van der Waals surface area contributed by atoms with Crippen molar-refractivity contribution in [1.29, 1.82) is 0 Å². The van der Waals surface area contributed by atoms with Gasteiger partial charge in [-0.15, -0.1) is 11.8 Å². The smallest absolute Gasteiger partial charge is 0.352 e. The van der Waals surface area contributed by atoms with Crippen LogP contribution >= 0.6 is 11.8 Å². The third-order valence-corrected chi connectivity index (χ3v) is 6.85. The number of aliphatic carboxylic acids is 1. The molecule has 4 rings (SSSR count). The number of nitrogens with zero attached hydrogens (tertiary/aromatic N) is 2. The number of fused-ring (bicyclic) bond motifs is 1. The van der Waals surface area contributed by atoms with Crippen LogP contribution in [0.1, 0.15) is 18.5 Å². The fourth-order valence-electron chi connectivity index (χ4n) is 3.82. The predicted molar refractivity (Wildman–Crippen MR) is 113 cm³/mol. The lowest BCUT2D eigenvalue weighted by Crippen LogP contribution is -2.71. The summed E-state index contributed by atoms with van der Waals surface area (Å²) in [6, 6.07) is 5.08. The molecule has 3 aliphatic rings. The highest BCUT2D eigenvalue weighted by Crippen LogP contribution is 2.40. The molecule has 168 valence electrons. The predicted octanol–water partition coefficient (Wildman–Crippen LogP) is 0.221. The summed E-state index contributed by atoms with van der Waals surface area (Å²) in [5, 5.41) is 16.6. The van der Waals surface area contributed by atoms with Gasteiger partial charge in [0.1, 0.15) is 23.2 Å². The van der Waals surface area contributed by atoms with Crippen molar-refractivity contribution >= 4 is 41.6 Å². The summed E-state index contributed by atoms with van der Waals surface area (Å²) in [5.74, 6) is -1.93. The molecule has 0 bridgehead atoms. The van der Waals surface area contributed by atoms with E-state index in [-0.39, 0.29) is 12.2 Å². The second-order valence-corrected chi connectivity index (χ2v) is 8.61. The third-order valence-electron chi connectivity index (χ3n) is 5.42. The molecule has 3 atom stereocenters. The van der Waals surface area contributed by atoms with E-state index in [4.69, 9.17) is 0 Å². The Bertz CT molecular complexity index is 1030. The second kappa shape index (κ2) is 8.54. The molecule has 2 fully saturated rings. The highest BCUT2D eigenvalue weighted by Gasteiger charge is 2.54. The van der Waals surface area contributed by atoms with Gasteiger partial charge in [-0.05, 0) is 18.1 Å². The van der Waals surface area contributed by atoms with E-state index in [1.165, 1.54) is 16.7 Å². The molecular weight excluding hydrogens is 438 g/mol. The van der Waals surface area contributed by atoms with Crippen molar-refractivity contribution < 1.29 is 29.1 Å². The van der Waals surface area contributed by atoms with Gasteiger partial charge in [-0.3, -0.25) is 14.5 Å². The van der Waals surface area contributed by atoms with Gasteiger partial charge in [-0.25, -0.2) is 19.3 Å². The molecule has 1 aromatic rings. The lowest BCUT2D eigenvalue weighted by Gasteiger charge is -2.49. The Labute approximate surface area is 187 Å². The number of hydrogen-bond acceptors (Lipinski definition) is 6. The minimum atomic E-state index is -1.19. The van der Waals surface area contributed by atoms with Crippen molar-refractivity contribution in [3.8, 4) is 0 Å². The molecule has 11 nitrogen and oxygen atoms in total. The van der Waals surface area contributed by atoms with Crippen molar-refractivity contribution in [3.63, 3.8) is 0 Å². The molecule has 32 heavy (non-hydrogen) atoms. The average molecular weight is 459 g/mol. The normalized spacial score (nSPS) is 23.2. The number of imide groups is 1. The maximum Gasteiger partial charge on any atom is 0.352 e. The van der Waals surface area contributed by atoms with Gasteiger partial charge in [0.25, 0.3) is 5.91 Å². The number of carboxylic acid groups (broad SMARTS) is 1. The van der Waals surface area contributed by atoms with Crippen molar-refractivity contribution in [1.82, 2.24) is 25.8 Å². The van der Waals surface area contributed by atoms with E-state index < -0.39 is 47.3 Å². The Morgan fingerprint density at radius 3 is 2.56 bits per heavy atom. The van der Waals surface area contributed by atoms with Gasteiger partial charge in [0.2, 0.25) is 5.91 Å². The zero-order valence-electron chi connectivity index (χ0n) is 17.0. The van der Waals surface area contributed by atoms with Gasteiger partial charge in [-0.2, -0.15) is 0 Å². The molecule has 1 aromatic carbocycles. The largest absolute Gasteiger partial charge is 0.477 e. The summed E-state index contributed by atoms with van der Waals surface area (Å²) in [4.78, 5) is 63.9. The van der Waals surface area contributed by atoms with Gasteiger partial charge in [-0.1, -0.05) is 30.3 Å². The van der Waals surface area contributed by atoms with Crippen molar-refractivity contribution in [3.05, 3.63) is 47.2 Å². The maximum atomic E-state index is 13.1. The van der Waals surface area contributed by atoms with Gasteiger partial charge < -0.3 is 21.1 Å². The first kappa shape index (κ1) is 21.7. The summed E-state index contributed by atoms with van der Waals surface area (Å²) < 4.78 is 0. The number of hydrogen-bond donors (Lipinski definition) is 4. The molecule has 0 aromatic heterocycles. The van der Waals surface area contributed by atoms with Crippen molar-refractivity contribution in [2.24, 2.45) is 0 Å². The topological polar surface area (TPSA) is 148 Å². The zero-order chi connectivity index (χ0) is 23.0. The molecule has 0 spiro atoms. The molecule has 6 amide bonds. The van der Waals surface area contributed by atoms with Gasteiger partial charge in [0.05, 0.1) is 0 Å². The van der Waals surface area contributed by atoms with Crippen LogP contribution in [0, 0.1) is 0 Å². The summed E-state index contributed by atoms with van der Waals surface area (Å²) in [6.45, 7) is 2.15. The number of amides is 6. The molecule has 0 aliphatic carbocycles. The van der Waals surface area contributed by atoms with E-state index in [0.717, 1.165) is 4.90 Å². The quantitative estimate of drug-likeness (QED) is 0.461. The Kier molecular flexibility index (Phi) is 5.78. The number of benzene rings is 1. The van der Waals surface area contributed by atoms with Crippen LogP contribution in [-0.4, -0.2) is 75.0 Å². The first-order valence-corrected chi connectivity index (χ1v) is 10.9. The van der Waals surface area contributed by atoms with E-state index in [9.17, 15) is 29.1 Å². The number of carbonyl (C=O) groups excluding carboxylic acids is 4. The number of rotatable bonds is 5. The fourth-order valence-corrected chi connectivity index (χ4v) is 5.12. The molecular formula is C20H21N5O6S. The number of nitrogens with one attached hydrogen (secondary N) is 3. The lowest BCUT2D eigenvalue weighted by atomic mass is 10.0. The van der Waals surface area contributed by atoms with Crippen LogP contribution < -0.4 is 16.0 Å². The van der Waals surface area contributed by atoms with E-state index in [0.29, 0.717) is 23.4 Å². The van der Waals surface area contributed by atoms with Crippen LogP contribution in [0.4, 0.5) is 9.59 Å². The Morgan fingerprint density at radius 2 is 1.94 bits per heavy atom. The number of urea groups is 2. The zero-order valence-corrected chi connectivity index (χ0v) is 17.8.